The minimum Gasteiger partial charge on any atom is -0.379 e. The molecule has 140 valence electrons. The summed E-state index contributed by atoms with van der Waals surface area (Å²) >= 11 is 0. The molecular formula is C22H30N2O2. The molecule has 1 aliphatic rings. The first-order valence-corrected chi connectivity index (χ1v) is 9.47. The lowest BCUT2D eigenvalue weighted by Gasteiger charge is -2.26. The van der Waals surface area contributed by atoms with Crippen LogP contribution >= 0.6 is 0 Å². The lowest BCUT2D eigenvalue weighted by Crippen LogP contribution is -2.38. The standard InChI is InChI=1S/C22H30N2O2/c1-17(22(2,3)4)15-21(25)19-16-24(20-8-6-5-7-18(19)20)10-9-23-11-13-26-14-12-23/h5-8,15-16H,9-14H2,1-4H3. The maximum Gasteiger partial charge on any atom is 0.187 e. The molecule has 26 heavy (non-hydrogen) atoms. The molecule has 1 aromatic carbocycles. The summed E-state index contributed by atoms with van der Waals surface area (Å²) in [6.45, 7) is 13.9. The number of allylic oxidation sites excluding steroid dienone is 2. The van der Waals surface area contributed by atoms with Crippen molar-refractivity contribution in [1.82, 2.24) is 9.47 Å². The maximum atomic E-state index is 12.9. The van der Waals surface area contributed by atoms with E-state index in [1.54, 1.807) is 6.08 Å². The predicted octanol–water partition coefficient (Wildman–Crippen LogP) is 4.15. The highest BCUT2D eigenvalue weighted by Crippen LogP contribution is 2.27. The summed E-state index contributed by atoms with van der Waals surface area (Å²) in [6.07, 6.45) is 3.83. The molecule has 4 nitrogen and oxygen atoms in total. The lowest BCUT2D eigenvalue weighted by atomic mass is 9.86. The minimum atomic E-state index is 0.00433. The van der Waals surface area contributed by atoms with Crippen LogP contribution in [-0.2, 0) is 11.3 Å². The molecule has 0 aliphatic carbocycles. The molecule has 0 amide bonds. The Kier molecular flexibility index (Phi) is 5.64. The van der Waals surface area contributed by atoms with Gasteiger partial charge < -0.3 is 9.30 Å². The number of ketones is 1. The van der Waals surface area contributed by atoms with Crippen LogP contribution in [0.1, 0.15) is 38.1 Å². The number of hydrogen-bond donors (Lipinski definition) is 0. The molecule has 1 aromatic heterocycles. The van der Waals surface area contributed by atoms with E-state index in [2.05, 4.69) is 36.3 Å². The molecule has 2 aromatic rings. The molecule has 1 aliphatic heterocycles. The SMILES string of the molecule is CC(=CC(=O)c1cn(CCN2CCOCC2)c2ccccc12)C(C)(C)C. The third-order valence-electron chi connectivity index (χ3n) is 5.35. The number of para-hydroxylation sites is 1. The Morgan fingerprint density at radius 1 is 1.15 bits per heavy atom. The first kappa shape index (κ1) is 18.9. The second-order valence-corrected chi connectivity index (χ2v) is 8.15. The van der Waals surface area contributed by atoms with Gasteiger partial charge in [-0.3, -0.25) is 9.69 Å². The van der Waals surface area contributed by atoms with Crippen molar-refractivity contribution in [3.8, 4) is 0 Å². The third kappa shape index (κ3) is 4.25. The summed E-state index contributed by atoms with van der Waals surface area (Å²) in [5.74, 6) is 0.0961. The monoisotopic (exact) mass is 354 g/mol. The van der Waals surface area contributed by atoms with Crippen molar-refractivity contribution in [3.05, 3.63) is 47.7 Å². The van der Waals surface area contributed by atoms with Crippen LogP contribution in [0.25, 0.3) is 10.9 Å². The quantitative estimate of drug-likeness (QED) is 0.598. The van der Waals surface area contributed by atoms with E-state index in [0.29, 0.717) is 0 Å². The van der Waals surface area contributed by atoms with Crippen molar-refractivity contribution >= 4 is 16.7 Å². The average molecular weight is 354 g/mol. The van der Waals surface area contributed by atoms with Crippen LogP contribution in [0, 0.1) is 5.41 Å². The van der Waals surface area contributed by atoms with Crippen molar-refractivity contribution in [2.75, 3.05) is 32.8 Å². The van der Waals surface area contributed by atoms with Crippen LogP contribution in [0.15, 0.2) is 42.1 Å². The first-order valence-electron chi connectivity index (χ1n) is 9.47. The van der Waals surface area contributed by atoms with Gasteiger partial charge in [0.05, 0.1) is 13.2 Å². The second-order valence-electron chi connectivity index (χ2n) is 8.15. The van der Waals surface area contributed by atoms with Gasteiger partial charge in [-0.25, -0.2) is 0 Å². The highest BCUT2D eigenvalue weighted by Gasteiger charge is 2.18. The summed E-state index contributed by atoms with van der Waals surface area (Å²) in [6, 6.07) is 8.20. The molecule has 1 fully saturated rings. The van der Waals surface area contributed by atoms with E-state index in [1.165, 1.54) is 0 Å². The molecule has 0 unspecified atom stereocenters. The molecule has 0 saturated carbocycles. The Morgan fingerprint density at radius 3 is 2.54 bits per heavy atom. The number of morpholine rings is 1. The van der Waals surface area contributed by atoms with E-state index in [0.717, 1.165) is 61.4 Å². The Balaban J connectivity index is 1.86. The number of hydrogen-bond acceptors (Lipinski definition) is 3. The van der Waals surface area contributed by atoms with Gasteiger partial charge in [-0.15, -0.1) is 0 Å². The summed E-state index contributed by atoms with van der Waals surface area (Å²) in [5.41, 5.74) is 3.04. The zero-order valence-corrected chi connectivity index (χ0v) is 16.4. The van der Waals surface area contributed by atoms with Gasteiger partial charge in [0.25, 0.3) is 0 Å². The fourth-order valence-electron chi connectivity index (χ4n) is 3.19. The smallest absolute Gasteiger partial charge is 0.187 e. The number of carbonyl (C=O) groups is 1. The lowest BCUT2D eigenvalue weighted by molar-refractivity contribution is 0.0365. The largest absolute Gasteiger partial charge is 0.379 e. The molecule has 0 radical (unpaired) electrons. The number of nitrogens with zero attached hydrogens (tertiary/aromatic N) is 2. The fraction of sp³-hybridized carbons (Fsp3) is 0.500. The number of aromatic nitrogens is 1. The van der Waals surface area contributed by atoms with Crippen molar-refractivity contribution in [3.63, 3.8) is 0 Å². The second kappa shape index (κ2) is 7.77. The van der Waals surface area contributed by atoms with Crippen LogP contribution in [0.2, 0.25) is 0 Å². The predicted molar refractivity (Wildman–Crippen MR) is 107 cm³/mol. The first-order chi connectivity index (χ1) is 12.4. The molecule has 0 N–H and O–H groups in total. The number of benzene rings is 1. The molecular weight excluding hydrogens is 324 g/mol. The molecule has 3 rings (SSSR count). The van der Waals surface area contributed by atoms with Crippen LogP contribution in [0.4, 0.5) is 0 Å². The van der Waals surface area contributed by atoms with E-state index in [4.69, 9.17) is 4.74 Å². The van der Waals surface area contributed by atoms with Gasteiger partial charge in [-0.05, 0) is 24.5 Å². The molecule has 2 heterocycles. The van der Waals surface area contributed by atoms with Crippen molar-refractivity contribution in [2.24, 2.45) is 5.41 Å². The summed E-state index contributed by atoms with van der Waals surface area (Å²) in [4.78, 5) is 15.3. The zero-order chi connectivity index (χ0) is 18.7. The van der Waals surface area contributed by atoms with Gasteiger partial charge >= 0.3 is 0 Å². The summed E-state index contributed by atoms with van der Waals surface area (Å²) in [7, 11) is 0. The Morgan fingerprint density at radius 2 is 1.85 bits per heavy atom. The third-order valence-corrected chi connectivity index (χ3v) is 5.35. The Bertz CT molecular complexity index is 805. The van der Waals surface area contributed by atoms with E-state index < -0.39 is 0 Å². The minimum absolute atomic E-state index is 0.00433. The van der Waals surface area contributed by atoms with Gasteiger partial charge in [-0.2, -0.15) is 0 Å². The zero-order valence-electron chi connectivity index (χ0n) is 16.4. The molecule has 0 bridgehead atoms. The van der Waals surface area contributed by atoms with Gasteiger partial charge in [0, 0.05) is 48.8 Å². The van der Waals surface area contributed by atoms with E-state index in [9.17, 15) is 4.79 Å². The maximum absolute atomic E-state index is 12.9. The Labute approximate surface area is 156 Å². The van der Waals surface area contributed by atoms with Crippen LogP contribution < -0.4 is 0 Å². The van der Waals surface area contributed by atoms with Crippen LogP contribution in [0.5, 0.6) is 0 Å². The van der Waals surface area contributed by atoms with Crippen molar-refractivity contribution in [2.45, 2.75) is 34.2 Å². The number of fused-ring (bicyclic) bond motifs is 1. The van der Waals surface area contributed by atoms with Gasteiger partial charge in [0.1, 0.15) is 0 Å². The van der Waals surface area contributed by atoms with Crippen LogP contribution in [0.3, 0.4) is 0 Å². The van der Waals surface area contributed by atoms with Gasteiger partial charge in [0.2, 0.25) is 0 Å². The highest BCUT2D eigenvalue weighted by atomic mass is 16.5. The van der Waals surface area contributed by atoms with E-state index in [1.807, 2.05) is 31.3 Å². The highest BCUT2D eigenvalue weighted by molar-refractivity contribution is 6.13. The normalized spacial score (nSPS) is 17.0. The molecule has 1 saturated heterocycles. The molecule has 0 atom stereocenters. The molecule has 4 heteroatoms. The van der Waals surface area contributed by atoms with E-state index >= 15 is 0 Å². The topological polar surface area (TPSA) is 34.5 Å². The van der Waals surface area contributed by atoms with Crippen LogP contribution in [-0.4, -0.2) is 48.1 Å². The fourth-order valence-corrected chi connectivity index (χ4v) is 3.19. The number of rotatable bonds is 5. The number of carbonyl (C=O) groups excluding carboxylic acids is 1. The summed E-state index contributed by atoms with van der Waals surface area (Å²) in [5, 5.41) is 1.04. The summed E-state index contributed by atoms with van der Waals surface area (Å²) < 4.78 is 7.64. The number of ether oxygens (including phenoxy) is 1. The van der Waals surface area contributed by atoms with E-state index in [-0.39, 0.29) is 11.2 Å². The molecule has 0 spiro atoms. The van der Waals surface area contributed by atoms with Crippen molar-refractivity contribution in [1.29, 1.82) is 0 Å². The Hall–Kier alpha value is -1.91. The van der Waals surface area contributed by atoms with Gasteiger partial charge in [0.15, 0.2) is 5.78 Å². The van der Waals surface area contributed by atoms with Gasteiger partial charge in [-0.1, -0.05) is 44.5 Å². The van der Waals surface area contributed by atoms with Crippen molar-refractivity contribution < 1.29 is 9.53 Å². The average Bonchev–Trinajstić information content (AvgIpc) is 2.99.